The fraction of sp³-hybridized carbons (Fsp3) is 0.130. The highest BCUT2D eigenvalue weighted by molar-refractivity contribution is 5.81. The number of fused-ring (bicyclic) bond motifs is 2. The maximum absolute atomic E-state index is 6.21. The number of H-pyrrole nitrogens is 2. The zero-order chi connectivity index (χ0) is 19.8. The molecule has 2 aromatic carbocycles. The highest BCUT2D eigenvalue weighted by atomic mass is 15.1. The lowest BCUT2D eigenvalue weighted by Crippen LogP contribution is -2.07. The number of rotatable bonds is 5. The van der Waals surface area contributed by atoms with Crippen molar-refractivity contribution in [3.05, 3.63) is 83.3 Å². The molecule has 0 unspecified atom stereocenters. The third-order valence-corrected chi connectivity index (χ3v) is 5.18. The summed E-state index contributed by atoms with van der Waals surface area (Å²) < 4.78 is 0. The highest BCUT2D eigenvalue weighted by Gasteiger charge is 2.07. The van der Waals surface area contributed by atoms with Crippen LogP contribution >= 0.6 is 0 Å². The van der Waals surface area contributed by atoms with E-state index >= 15 is 0 Å². The molecule has 6 heteroatoms. The third kappa shape index (κ3) is 3.52. The molecule has 3 heterocycles. The lowest BCUT2D eigenvalue weighted by atomic mass is 10.1. The lowest BCUT2D eigenvalue weighted by molar-refractivity contribution is 1.03. The number of benzene rings is 2. The average molecular weight is 382 g/mol. The molecule has 0 bridgehead atoms. The van der Waals surface area contributed by atoms with Crippen LogP contribution in [0.5, 0.6) is 0 Å². The van der Waals surface area contributed by atoms with Crippen molar-refractivity contribution in [2.75, 3.05) is 11.1 Å². The molecule has 6 nitrogen and oxygen atoms in total. The molecule has 5 aromatic rings. The summed E-state index contributed by atoms with van der Waals surface area (Å²) in [5.74, 6) is 1.05. The second-order valence-corrected chi connectivity index (χ2v) is 7.41. The molecule has 5 N–H and O–H groups in total. The number of aromatic amines is 2. The van der Waals surface area contributed by atoms with Gasteiger partial charge < -0.3 is 21.0 Å². The van der Waals surface area contributed by atoms with Crippen LogP contribution in [0.25, 0.3) is 21.8 Å². The van der Waals surface area contributed by atoms with Gasteiger partial charge in [-0.25, -0.2) is 4.98 Å². The Bertz CT molecular complexity index is 1310. The Balaban J connectivity index is 1.29. The number of anilines is 2. The minimum Gasteiger partial charge on any atom is -0.383 e. The Morgan fingerprint density at radius 3 is 2.69 bits per heavy atom. The Hall–Kier alpha value is -3.80. The summed E-state index contributed by atoms with van der Waals surface area (Å²) >= 11 is 0. The first-order chi connectivity index (χ1) is 14.1. The first-order valence-corrected chi connectivity index (χ1v) is 9.63. The number of nitrogen functional groups attached to an aromatic ring is 1. The van der Waals surface area contributed by atoms with E-state index in [1.807, 2.05) is 12.4 Å². The summed E-state index contributed by atoms with van der Waals surface area (Å²) in [6.45, 7) is 2.70. The quantitative estimate of drug-likeness (QED) is 0.359. The molecule has 0 fully saturated rings. The maximum atomic E-state index is 6.21. The Labute approximate surface area is 168 Å². The molecule has 144 valence electrons. The average Bonchev–Trinajstić information content (AvgIpc) is 3.32. The van der Waals surface area contributed by atoms with E-state index in [2.05, 4.69) is 80.7 Å². The summed E-state index contributed by atoms with van der Waals surface area (Å²) in [5.41, 5.74) is 12.9. The zero-order valence-corrected chi connectivity index (χ0v) is 16.2. The molecule has 0 atom stereocenters. The molecule has 0 amide bonds. The topological polar surface area (TPSA) is 95.4 Å². The van der Waals surface area contributed by atoms with Gasteiger partial charge in [-0.1, -0.05) is 12.1 Å². The fourth-order valence-electron chi connectivity index (χ4n) is 3.69. The van der Waals surface area contributed by atoms with Crippen molar-refractivity contribution in [3.8, 4) is 0 Å². The van der Waals surface area contributed by atoms with Crippen molar-refractivity contribution < 1.29 is 0 Å². The van der Waals surface area contributed by atoms with Crippen LogP contribution in [0.3, 0.4) is 0 Å². The van der Waals surface area contributed by atoms with Crippen molar-refractivity contribution in [1.82, 2.24) is 19.9 Å². The Morgan fingerprint density at radius 2 is 1.79 bits per heavy atom. The second-order valence-electron chi connectivity index (χ2n) is 7.41. The van der Waals surface area contributed by atoms with Crippen molar-refractivity contribution in [2.45, 2.75) is 19.9 Å². The zero-order valence-electron chi connectivity index (χ0n) is 16.2. The van der Waals surface area contributed by atoms with E-state index in [-0.39, 0.29) is 0 Å². The van der Waals surface area contributed by atoms with Gasteiger partial charge in [-0.15, -0.1) is 0 Å². The van der Waals surface area contributed by atoms with Gasteiger partial charge in [-0.2, -0.15) is 4.98 Å². The standard InChI is InChI=1S/C23H22N6/c1-14-8-18-11-16(3-5-21(18)28-14)12-26-23-27-13-19(22(24)29-23)10-15-2-4-20-17(9-15)6-7-25-20/h2-9,11,13,25,28H,10,12H2,1H3,(H3,24,26,27,29). The molecule has 0 aliphatic heterocycles. The third-order valence-electron chi connectivity index (χ3n) is 5.18. The summed E-state index contributed by atoms with van der Waals surface area (Å²) in [4.78, 5) is 15.4. The van der Waals surface area contributed by atoms with Crippen molar-refractivity contribution in [2.24, 2.45) is 0 Å². The van der Waals surface area contributed by atoms with Gasteiger partial charge in [0, 0.05) is 47.7 Å². The van der Waals surface area contributed by atoms with E-state index in [1.54, 1.807) is 0 Å². The number of nitrogens with two attached hydrogens (primary N) is 1. The van der Waals surface area contributed by atoms with E-state index in [0.717, 1.165) is 22.3 Å². The molecule has 3 aromatic heterocycles. The maximum Gasteiger partial charge on any atom is 0.224 e. The van der Waals surface area contributed by atoms with E-state index in [1.165, 1.54) is 21.9 Å². The first kappa shape index (κ1) is 17.3. The van der Waals surface area contributed by atoms with Crippen LogP contribution in [0, 0.1) is 6.92 Å². The molecule has 29 heavy (non-hydrogen) atoms. The van der Waals surface area contributed by atoms with Gasteiger partial charge >= 0.3 is 0 Å². The normalized spacial score (nSPS) is 11.3. The number of hydrogen-bond acceptors (Lipinski definition) is 4. The Kier molecular flexibility index (Phi) is 4.17. The van der Waals surface area contributed by atoms with Gasteiger partial charge in [-0.05, 0) is 65.2 Å². The predicted octanol–water partition coefficient (Wildman–Crippen LogP) is 4.53. The van der Waals surface area contributed by atoms with Gasteiger partial charge in [0.25, 0.3) is 0 Å². The smallest absolute Gasteiger partial charge is 0.224 e. The molecule has 0 radical (unpaired) electrons. The first-order valence-electron chi connectivity index (χ1n) is 9.63. The van der Waals surface area contributed by atoms with Gasteiger partial charge in [0.1, 0.15) is 5.82 Å². The number of aromatic nitrogens is 4. The number of aryl methyl sites for hydroxylation is 1. The van der Waals surface area contributed by atoms with Crippen LogP contribution in [-0.2, 0) is 13.0 Å². The summed E-state index contributed by atoms with van der Waals surface area (Å²) in [5, 5.41) is 5.66. The molecule has 0 aliphatic carbocycles. The number of nitrogens with zero attached hydrogens (tertiary/aromatic N) is 2. The van der Waals surface area contributed by atoms with Crippen LogP contribution < -0.4 is 11.1 Å². The van der Waals surface area contributed by atoms with Gasteiger partial charge in [0.05, 0.1) is 0 Å². The number of hydrogen-bond donors (Lipinski definition) is 4. The molecule has 0 saturated carbocycles. The van der Waals surface area contributed by atoms with Crippen molar-refractivity contribution >= 4 is 33.6 Å². The van der Waals surface area contributed by atoms with Crippen LogP contribution in [0.15, 0.2) is 60.9 Å². The van der Waals surface area contributed by atoms with E-state index in [0.29, 0.717) is 24.7 Å². The second kappa shape index (κ2) is 6.98. The fourth-order valence-corrected chi connectivity index (χ4v) is 3.69. The summed E-state index contributed by atoms with van der Waals surface area (Å²) in [6, 6.07) is 16.9. The van der Waals surface area contributed by atoms with E-state index in [9.17, 15) is 0 Å². The molecule has 0 saturated heterocycles. The largest absolute Gasteiger partial charge is 0.383 e. The van der Waals surface area contributed by atoms with Gasteiger partial charge in [0.2, 0.25) is 5.95 Å². The number of nitrogens with one attached hydrogen (secondary N) is 3. The predicted molar refractivity (Wildman–Crippen MR) is 118 cm³/mol. The van der Waals surface area contributed by atoms with E-state index < -0.39 is 0 Å². The van der Waals surface area contributed by atoms with Crippen molar-refractivity contribution in [1.29, 1.82) is 0 Å². The summed E-state index contributed by atoms with van der Waals surface area (Å²) in [6.07, 6.45) is 4.46. The molecule has 0 aliphatic rings. The van der Waals surface area contributed by atoms with Crippen molar-refractivity contribution in [3.63, 3.8) is 0 Å². The highest BCUT2D eigenvalue weighted by Crippen LogP contribution is 2.21. The molecule has 5 rings (SSSR count). The molecule has 0 spiro atoms. The van der Waals surface area contributed by atoms with Crippen LogP contribution in [0.1, 0.15) is 22.4 Å². The van der Waals surface area contributed by atoms with Crippen LogP contribution in [0.2, 0.25) is 0 Å². The van der Waals surface area contributed by atoms with Crippen LogP contribution in [-0.4, -0.2) is 19.9 Å². The van der Waals surface area contributed by atoms with Gasteiger partial charge in [-0.3, -0.25) is 0 Å². The summed E-state index contributed by atoms with van der Waals surface area (Å²) in [7, 11) is 0. The lowest BCUT2D eigenvalue weighted by Gasteiger charge is -2.09. The SMILES string of the molecule is Cc1cc2cc(CNc3ncc(Cc4ccc5[nH]ccc5c4)c(N)n3)ccc2[nH]1. The Morgan fingerprint density at radius 1 is 0.966 bits per heavy atom. The molecular weight excluding hydrogens is 360 g/mol. The minimum absolute atomic E-state index is 0.508. The minimum atomic E-state index is 0.508. The van der Waals surface area contributed by atoms with Gasteiger partial charge in [0.15, 0.2) is 0 Å². The van der Waals surface area contributed by atoms with E-state index in [4.69, 9.17) is 5.73 Å². The monoisotopic (exact) mass is 382 g/mol. The van der Waals surface area contributed by atoms with Crippen LogP contribution in [0.4, 0.5) is 11.8 Å². The molecular formula is C23H22N6.